The first-order valence-corrected chi connectivity index (χ1v) is 6.12. The second kappa shape index (κ2) is 6.04. The SMILES string of the molecule is COc1ccc(C(C)=O)cc1Oc1ccc([N+](=O)[O-])cc1. The Balaban J connectivity index is 2.31. The quantitative estimate of drug-likeness (QED) is 0.477. The molecule has 0 radical (unpaired) electrons. The summed E-state index contributed by atoms with van der Waals surface area (Å²) in [6.07, 6.45) is 0. The van der Waals surface area contributed by atoms with E-state index in [-0.39, 0.29) is 11.5 Å². The summed E-state index contributed by atoms with van der Waals surface area (Å²) in [5.41, 5.74) is 0.472. The fourth-order valence-corrected chi connectivity index (χ4v) is 1.74. The second-order valence-corrected chi connectivity index (χ2v) is 4.27. The van der Waals surface area contributed by atoms with Crippen molar-refractivity contribution in [2.45, 2.75) is 6.92 Å². The molecule has 0 amide bonds. The van der Waals surface area contributed by atoms with Gasteiger partial charge in [-0.1, -0.05) is 0 Å². The van der Waals surface area contributed by atoms with Gasteiger partial charge in [-0.15, -0.1) is 0 Å². The number of nitrogens with zero attached hydrogens (tertiary/aromatic N) is 1. The number of nitro benzene ring substituents is 1. The number of rotatable bonds is 5. The Kier molecular flexibility index (Phi) is 4.18. The Labute approximate surface area is 121 Å². The van der Waals surface area contributed by atoms with Crippen molar-refractivity contribution in [1.82, 2.24) is 0 Å². The molecule has 0 aliphatic rings. The molecule has 21 heavy (non-hydrogen) atoms. The highest BCUT2D eigenvalue weighted by Gasteiger charge is 2.11. The van der Waals surface area contributed by atoms with Crippen LogP contribution in [0.2, 0.25) is 0 Å². The minimum absolute atomic E-state index is 0.0215. The largest absolute Gasteiger partial charge is 0.493 e. The molecule has 0 N–H and O–H groups in total. The second-order valence-electron chi connectivity index (χ2n) is 4.27. The average Bonchev–Trinajstić information content (AvgIpc) is 2.47. The van der Waals surface area contributed by atoms with Crippen molar-refractivity contribution < 1.29 is 19.2 Å². The summed E-state index contributed by atoms with van der Waals surface area (Å²) in [5, 5.41) is 10.6. The maximum Gasteiger partial charge on any atom is 0.269 e. The van der Waals surface area contributed by atoms with E-state index in [1.54, 1.807) is 18.2 Å². The van der Waals surface area contributed by atoms with Crippen molar-refractivity contribution >= 4 is 11.5 Å². The molecule has 6 heteroatoms. The van der Waals surface area contributed by atoms with E-state index in [1.807, 2.05) is 0 Å². The van der Waals surface area contributed by atoms with Crippen LogP contribution < -0.4 is 9.47 Å². The molecule has 0 aliphatic carbocycles. The third-order valence-corrected chi connectivity index (χ3v) is 2.85. The number of hydrogen-bond donors (Lipinski definition) is 0. The smallest absolute Gasteiger partial charge is 0.269 e. The first-order chi connectivity index (χ1) is 10.0. The van der Waals surface area contributed by atoms with Crippen LogP contribution in [0.5, 0.6) is 17.2 Å². The highest BCUT2D eigenvalue weighted by Crippen LogP contribution is 2.33. The molecule has 2 aromatic rings. The van der Waals surface area contributed by atoms with Crippen LogP contribution in [0.1, 0.15) is 17.3 Å². The van der Waals surface area contributed by atoms with Crippen LogP contribution in [-0.4, -0.2) is 17.8 Å². The van der Waals surface area contributed by atoms with Crippen LogP contribution in [0.25, 0.3) is 0 Å². The van der Waals surface area contributed by atoms with E-state index >= 15 is 0 Å². The number of hydrogen-bond acceptors (Lipinski definition) is 5. The lowest BCUT2D eigenvalue weighted by molar-refractivity contribution is -0.384. The zero-order valence-corrected chi connectivity index (χ0v) is 11.5. The topological polar surface area (TPSA) is 78.7 Å². The number of ketones is 1. The van der Waals surface area contributed by atoms with E-state index in [0.717, 1.165) is 0 Å². The molecule has 0 atom stereocenters. The van der Waals surface area contributed by atoms with Crippen LogP contribution >= 0.6 is 0 Å². The van der Waals surface area contributed by atoms with Gasteiger partial charge in [-0.05, 0) is 37.3 Å². The van der Waals surface area contributed by atoms with Gasteiger partial charge >= 0.3 is 0 Å². The number of nitro groups is 1. The predicted octanol–water partition coefficient (Wildman–Crippen LogP) is 3.60. The van der Waals surface area contributed by atoms with Gasteiger partial charge in [0.1, 0.15) is 5.75 Å². The zero-order chi connectivity index (χ0) is 15.4. The maximum absolute atomic E-state index is 11.4. The summed E-state index contributed by atoms with van der Waals surface area (Å²) >= 11 is 0. The Morgan fingerprint density at radius 3 is 2.29 bits per heavy atom. The highest BCUT2D eigenvalue weighted by atomic mass is 16.6. The molecule has 0 heterocycles. The first-order valence-electron chi connectivity index (χ1n) is 6.12. The van der Waals surface area contributed by atoms with Crippen molar-refractivity contribution in [2.24, 2.45) is 0 Å². The van der Waals surface area contributed by atoms with Crippen molar-refractivity contribution in [3.63, 3.8) is 0 Å². The van der Waals surface area contributed by atoms with Crippen LogP contribution in [0, 0.1) is 10.1 Å². The van der Waals surface area contributed by atoms with Gasteiger partial charge in [0.2, 0.25) is 0 Å². The monoisotopic (exact) mass is 287 g/mol. The molecule has 0 spiro atoms. The molecular weight excluding hydrogens is 274 g/mol. The van der Waals surface area contributed by atoms with E-state index in [4.69, 9.17) is 9.47 Å². The Morgan fingerprint density at radius 2 is 1.76 bits per heavy atom. The minimum Gasteiger partial charge on any atom is -0.493 e. The normalized spacial score (nSPS) is 10.0. The van der Waals surface area contributed by atoms with Crippen LogP contribution in [-0.2, 0) is 0 Å². The molecule has 2 rings (SSSR count). The van der Waals surface area contributed by atoms with Gasteiger partial charge in [0.25, 0.3) is 5.69 Å². The summed E-state index contributed by atoms with van der Waals surface area (Å²) in [5.74, 6) is 1.17. The van der Waals surface area contributed by atoms with Crippen molar-refractivity contribution in [3.05, 3.63) is 58.1 Å². The molecule has 6 nitrogen and oxygen atoms in total. The number of non-ortho nitro benzene ring substituents is 1. The maximum atomic E-state index is 11.4. The van der Waals surface area contributed by atoms with Gasteiger partial charge in [-0.25, -0.2) is 0 Å². The Bertz CT molecular complexity index is 679. The van der Waals surface area contributed by atoms with Gasteiger partial charge in [0.05, 0.1) is 12.0 Å². The average molecular weight is 287 g/mol. The van der Waals surface area contributed by atoms with Crippen LogP contribution in [0.4, 0.5) is 5.69 Å². The first kappa shape index (κ1) is 14.5. The predicted molar refractivity (Wildman–Crippen MR) is 76.2 cm³/mol. The summed E-state index contributed by atoms with van der Waals surface area (Å²) in [7, 11) is 1.49. The lowest BCUT2D eigenvalue weighted by Gasteiger charge is -2.11. The fourth-order valence-electron chi connectivity index (χ4n) is 1.74. The molecule has 0 saturated heterocycles. The van der Waals surface area contributed by atoms with E-state index in [0.29, 0.717) is 22.8 Å². The van der Waals surface area contributed by atoms with Gasteiger partial charge in [0.15, 0.2) is 17.3 Å². The lowest BCUT2D eigenvalue weighted by atomic mass is 10.1. The highest BCUT2D eigenvalue weighted by molar-refractivity contribution is 5.94. The molecule has 0 saturated carbocycles. The van der Waals surface area contributed by atoms with E-state index in [9.17, 15) is 14.9 Å². The molecule has 0 aromatic heterocycles. The van der Waals surface area contributed by atoms with Crippen LogP contribution in [0.15, 0.2) is 42.5 Å². The molecule has 0 bridgehead atoms. The zero-order valence-electron chi connectivity index (χ0n) is 11.5. The number of carbonyl (C=O) groups excluding carboxylic acids is 1. The molecule has 0 unspecified atom stereocenters. The van der Waals surface area contributed by atoms with Crippen molar-refractivity contribution in [3.8, 4) is 17.2 Å². The number of methoxy groups -OCH3 is 1. The third-order valence-electron chi connectivity index (χ3n) is 2.85. The van der Waals surface area contributed by atoms with E-state index in [2.05, 4.69) is 0 Å². The molecule has 108 valence electrons. The Morgan fingerprint density at radius 1 is 1.10 bits per heavy atom. The van der Waals surface area contributed by atoms with Crippen molar-refractivity contribution in [2.75, 3.05) is 7.11 Å². The standard InChI is InChI=1S/C15H13NO5/c1-10(17)11-3-8-14(20-2)15(9-11)21-13-6-4-12(5-7-13)16(18)19/h3-9H,1-2H3. The molecular formula is C15H13NO5. The van der Waals surface area contributed by atoms with Crippen molar-refractivity contribution in [1.29, 1.82) is 0 Å². The lowest BCUT2D eigenvalue weighted by Crippen LogP contribution is -1.96. The molecule has 2 aromatic carbocycles. The number of ether oxygens (including phenoxy) is 2. The number of Topliss-reactive ketones (excluding diaryl/α,β-unsaturated/α-hetero) is 1. The molecule has 0 fully saturated rings. The minimum atomic E-state index is -0.485. The number of carbonyl (C=O) groups is 1. The van der Waals surface area contributed by atoms with Gasteiger partial charge in [0, 0.05) is 17.7 Å². The third kappa shape index (κ3) is 3.36. The van der Waals surface area contributed by atoms with Crippen LogP contribution in [0.3, 0.4) is 0 Å². The molecule has 0 aliphatic heterocycles. The fraction of sp³-hybridized carbons (Fsp3) is 0.133. The summed E-state index contributed by atoms with van der Waals surface area (Å²) in [6.45, 7) is 1.46. The number of benzene rings is 2. The van der Waals surface area contributed by atoms with Gasteiger partial charge in [-0.2, -0.15) is 0 Å². The Hall–Kier alpha value is -2.89. The van der Waals surface area contributed by atoms with Gasteiger partial charge < -0.3 is 9.47 Å². The summed E-state index contributed by atoms with van der Waals surface area (Å²) in [4.78, 5) is 21.5. The van der Waals surface area contributed by atoms with E-state index in [1.165, 1.54) is 38.3 Å². The van der Waals surface area contributed by atoms with Gasteiger partial charge in [-0.3, -0.25) is 14.9 Å². The van der Waals surface area contributed by atoms with E-state index < -0.39 is 4.92 Å². The summed E-state index contributed by atoms with van der Waals surface area (Å²) in [6, 6.07) is 10.5. The summed E-state index contributed by atoms with van der Waals surface area (Å²) < 4.78 is 10.8.